The first-order valence-electron chi connectivity index (χ1n) is 5.38. The quantitative estimate of drug-likeness (QED) is 0.757. The van der Waals surface area contributed by atoms with Gasteiger partial charge in [0, 0.05) is 28.8 Å². The average Bonchev–Trinajstić information content (AvgIpc) is 2.55. The number of carbonyl (C=O) groups excluding carboxylic acids is 1. The second-order valence-corrected chi connectivity index (χ2v) is 3.80. The summed E-state index contributed by atoms with van der Waals surface area (Å²) < 4.78 is 0. The van der Waals surface area contributed by atoms with E-state index in [9.17, 15) is 4.79 Å². The van der Waals surface area contributed by atoms with Gasteiger partial charge in [-0.25, -0.2) is 4.99 Å². The van der Waals surface area contributed by atoms with Crippen molar-refractivity contribution in [2.75, 3.05) is 0 Å². The summed E-state index contributed by atoms with van der Waals surface area (Å²) in [5.41, 5.74) is 1.96. The SMILES string of the molecule is O=C1C=c2c(C3=CC=CC=CN3)cccc2=N1. The molecule has 2 heterocycles. The Hall–Kier alpha value is -2.42. The van der Waals surface area contributed by atoms with Gasteiger partial charge < -0.3 is 5.32 Å². The highest BCUT2D eigenvalue weighted by Crippen LogP contribution is 2.08. The fourth-order valence-corrected chi connectivity index (χ4v) is 1.94. The molecule has 0 spiro atoms. The number of allylic oxidation sites excluding steroid dienone is 4. The average molecular weight is 222 g/mol. The van der Waals surface area contributed by atoms with E-state index in [0.29, 0.717) is 0 Å². The Morgan fingerprint density at radius 3 is 3.00 bits per heavy atom. The lowest BCUT2D eigenvalue weighted by atomic mass is 10.1. The second-order valence-electron chi connectivity index (χ2n) is 3.80. The number of carbonyl (C=O) groups is 1. The highest BCUT2D eigenvalue weighted by Gasteiger charge is 2.09. The van der Waals surface area contributed by atoms with Crippen molar-refractivity contribution in [2.24, 2.45) is 4.99 Å². The molecule has 0 fully saturated rings. The standard InChI is InChI=1S/C14H10N2O/c17-14-9-11-10(5-4-7-13(11)16-14)12-6-2-1-3-8-15-12/h1-9,15H. The lowest BCUT2D eigenvalue weighted by molar-refractivity contribution is -0.112. The van der Waals surface area contributed by atoms with Crippen LogP contribution in [0, 0.1) is 0 Å². The van der Waals surface area contributed by atoms with E-state index < -0.39 is 0 Å². The zero-order chi connectivity index (χ0) is 11.7. The van der Waals surface area contributed by atoms with Crippen LogP contribution < -0.4 is 15.9 Å². The van der Waals surface area contributed by atoms with Crippen molar-refractivity contribution in [1.82, 2.24) is 5.32 Å². The molecule has 2 aliphatic heterocycles. The van der Waals surface area contributed by atoms with Crippen LogP contribution in [0.1, 0.15) is 5.56 Å². The molecule has 3 heteroatoms. The summed E-state index contributed by atoms with van der Waals surface area (Å²) in [4.78, 5) is 15.3. The maximum absolute atomic E-state index is 11.3. The summed E-state index contributed by atoms with van der Waals surface area (Å²) in [7, 11) is 0. The van der Waals surface area contributed by atoms with Crippen molar-refractivity contribution < 1.29 is 4.79 Å². The van der Waals surface area contributed by atoms with E-state index in [0.717, 1.165) is 21.8 Å². The molecule has 0 aromatic heterocycles. The minimum Gasteiger partial charge on any atom is -0.361 e. The predicted octanol–water partition coefficient (Wildman–Crippen LogP) is 0.641. The van der Waals surface area contributed by atoms with Gasteiger partial charge in [0.05, 0.1) is 5.36 Å². The summed E-state index contributed by atoms with van der Waals surface area (Å²) in [5.74, 6) is -0.187. The fraction of sp³-hybridized carbons (Fsp3) is 0. The Balaban J connectivity index is 2.22. The van der Waals surface area contributed by atoms with Crippen LogP contribution in [-0.4, -0.2) is 5.91 Å². The van der Waals surface area contributed by atoms with Crippen molar-refractivity contribution in [3.05, 3.63) is 64.8 Å². The van der Waals surface area contributed by atoms with E-state index in [1.165, 1.54) is 0 Å². The Morgan fingerprint density at radius 1 is 1.12 bits per heavy atom. The maximum atomic E-state index is 11.3. The number of fused-ring (bicyclic) bond motifs is 1. The summed E-state index contributed by atoms with van der Waals surface area (Å²) in [6, 6.07) is 5.74. The molecule has 0 bridgehead atoms. The molecule has 0 atom stereocenters. The van der Waals surface area contributed by atoms with Gasteiger partial charge in [-0.05, 0) is 18.2 Å². The van der Waals surface area contributed by atoms with Crippen LogP contribution in [0.25, 0.3) is 11.8 Å². The molecule has 1 aromatic carbocycles. The molecular formula is C14H10N2O. The Morgan fingerprint density at radius 2 is 2.06 bits per heavy atom. The van der Waals surface area contributed by atoms with E-state index >= 15 is 0 Å². The van der Waals surface area contributed by atoms with Crippen LogP contribution in [0.4, 0.5) is 0 Å². The van der Waals surface area contributed by atoms with Gasteiger partial charge in [-0.3, -0.25) is 4.79 Å². The molecule has 0 radical (unpaired) electrons. The van der Waals surface area contributed by atoms with Crippen molar-refractivity contribution >= 4 is 17.7 Å². The second kappa shape index (κ2) is 3.87. The van der Waals surface area contributed by atoms with Gasteiger partial charge in [0.15, 0.2) is 0 Å². The Kier molecular flexibility index (Phi) is 2.22. The lowest BCUT2D eigenvalue weighted by Crippen LogP contribution is -2.27. The van der Waals surface area contributed by atoms with Crippen molar-refractivity contribution in [2.45, 2.75) is 0 Å². The topological polar surface area (TPSA) is 41.5 Å². The third-order valence-corrected chi connectivity index (χ3v) is 2.69. The molecule has 17 heavy (non-hydrogen) atoms. The van der Waals surface area contributed by atoms with Gasteiger partial charge in [-0.2, -0.15) is 0 Å². The number of benzene rings is 1. The molecule has 1 aromatic rings. The molecule has 0 unspecified atom stereocenters. The molecule has 0 aliphatic carbocycles. The van der Waals surface area contributed by atoms with Gasteiger partial charge in [-0.1, -0.05) is 24.3 Å². The number of rotatable bonds is 1. The molecule has 3 rings (SSSR count). The molecule has 0 saturated carbocycles. The number of amides is 1. The van der Waals surface area contributed by atoms with E-state index in [2.05, 4.69) is 10.3 Å². The van der Waals surface area contributed by atoms with Crippen LogP contribution in [0.3, 0.4) is 0 Å². The minimum atomic E-state index is -0.187. The largest absolute Gasteiger partial charge is 0.361 e. The Bertz CT molecular complexity index is 693. The van der Waals surface area contributed by atoms with Gasteiger partial charge >= 0.3 is 0 Å². The van der Waals surface area contributed by atoms with Gasteiger partial charge in [0.25, 0.3) is 5.91 Å². The van der Waals surface area contributed by atoms with Crippen LogP contribution >= 0.6 is 0 Å². The first kappa shape index (κ1) is 9.78. The van der Waals surface area contributed by atoms with E-state index in [4.69, 9.17) is 0 Å². The van der Waals surface area contributed by atoms with Crippen molar-refractivity contribution in [3.63, 3.8) is 0 Å². The molecule has 3 nitrogen and oxygen atoms in total. The van der Waals surface area contributed by atoms with Gasteiger partial charge in [0.2, 0.25) is 0 Å². The highest BCUT2D eigenvalue weighted by atomic mass is 16.1. The van der Waals surface area contributed by atoms with Crippen molar-refractivity contribution in [3.8, 4) is 0 Å². The van der Waals surface area contributed by atoms with E-state index in [-0.39, 0.29) is 5.91 Å². The van der Waals surface area contributed by atoms with Gasteiger partial charge in [0.1, 0.15) is 0 Å². The fourth-order valence-electron chi connectivity index (χ4n) is 1.94. The third-order valence-electron chi connectivity index (χ3n) is 2.69. The van der Waals surface area contributed by atoms with E-state index in [1.54, 1.807) is 6.08 Å². The van der Waals surface area contributed by atoms with Gasteiger partial charge in [-0.15, -0.1) is 0 Å². The minimum absolute atomic E-state index is 0.187. The monoisotopic (exact) mass is 222 g/mol. The molecule has 1 N–H and O–H groups in total. The highest BCUT2D eigenvalue weighted by molar-refractivity contribution is 6.07. The molecular weight excluding hydrogens is 212 g/mol. The van der Waals surface area contributed by atoms with Crippen LogP contribution in [-0.2, 0) is 4.79 Å². The smallest absolute Gasteiger partial charge is 0.270 e. The number of hydrogen-bond acceptors (Lipinski definition) is 2. The van der Waals surface area contributed by atoms with Crippen LogP contribution in [0.5, 0.6) is 0 Å². The first-order valence-corrected chi connectivity index (χ1v) is 5.38. The predicted molar refractivity (Wildman–Crippen MR) is 66.1 cm³/mol. The summed E-state index contributed by atoms with van der Waals surface area (Å²) in [6.45, 7) is 0. The first-order chi connectivity index (χ1) is 8.34. The zero-order valence-corrected chi connectivity index (χ0v) is 9.05. The summed E-state index contributed by atoms with van der Waals surface area (Å²) >= 11 is 0. The zero-order valence-electron chi connectivity index (χ0n) is 9.05. The third kappa shape index (κ3) is 1.72. The summed E-state index contributed by atoms with van der Waals surface area (Å²) in [6.07, 6.45) is 11.2. The van der Waals surface area contributed by atoms with Crippen LogP contribution in [0.15, 0.2) is 53.7 Å². The Labute approximate surface area is 98.2 Å². The molecule has 2 aliphatic rings. The number of hydrogen-bond donors (Lipinski definition) is 1. The lowest BCUT2D eigenvalue weighted by Gasteiger charge is -2.06. The van der Waals surface area contributed by atoms with Crippen LogP contribution in [0.2, 0.25) is 0 Å². The molecule has 0 saturated heterocycles. The maximum Gasteiger partial charge on any atom is 0.270 e. The van der Waals surface area contributed by atoms with Crippen molar-refractivity contribution in [1.29, 1.82) is 0 Å². The normalized spacial score (nSPS) is 16.5. The van der Waals surface area contributed by atoms with E-state index in [1.807, 2.05) is 48.7 Å². The number of nitrogens with one attached hydrogen (secondary N) is 1. The number of nitrogens with zero attached hydrogens (tertiary/aromatic N) is 1. The summed E-state index contributed by atoms with van der Waals surface area (Å²) in [5, 5.41) is 4.82. The molecule has 82 valence electrons. The molecule has 1 amide bonds.